The first-order chi connectivity index (χ1) is 9.86. The Labute approximate surface area is 136 Å². The fraction of sp³-hybridized carbons (Fsp3) is 0.688. The van der Waals surface area contributed by atoms with Gasteiger partial charge >= 0.3 is 0 Å². The molecule has 1 atom stereocenters. The number of hydrogen-bond donors (Lipinski definition) is 0. The van der Waals surface area contributed by atoms with Gasteiger partial charge in [0.2, 0.25) is 0 Å². The Bertz CT molecular complexity index is 505. The van der Waals surface area contributed by atoms with Gasteiger partial charge in [-0.15, -0.1) is 0 Å². The Hall–Kier alpha value is -0.650. The minimum atomic E-state index is -0.126. The first kappa shape index (κ1) is 16.7. The van der Waals surface area contributed by atoms with E-state index in [9.17, 15) is 0 Å². The van der Waals surface area contributed by atoms with E-state index in [1.165, 1.54) is 0 Å². The number of pyridine rings is 1. The largest absolute Gasteiger partial charge is 0.496 e. The van der Waals surface area contributed by atoms with Crippen molar-refractivity contribution in [3.63, 3.8) is 0 Å². The summed E-state index contributed by atoms with van der Waals surface area (Å²) in [6, 6.07) is 0. The minimum absolute atomic E-state index is 0.126. The van der Waals surface area contributed by atoms with Crippen LogP contribution in [0.2, 0.25) is 0 Å². The first-order valence-corrected chi connectivity index (χ1v) is 8.43. The summed E-state index contributed by atoms with van der Waals surface area (Å²) in [6.45, 7) is 11.1. The highest BCUT2D eigenvalue weighted by atomic mass is 79.9. The van der Waals surface area contributed by atoms with Crippen molar-refractivity contribution < 1.29 is 9.47 Å². The molecule has 1 fully saturated rings. The molecule has 2 rings (SSSR count). The molecule has 1 aromatic rings. The van der Waals surface area contributed by atoms with Crippen LogP contribution in [-0.2, 0) is 11.3 Å². The van der Waals surface area contributed by atoms with Crippen molar-refractivity contribution >= 4 is 15.9 Å². The maximum Gasteiger partial charge on any atom is 0.128 e. The van der Waals surface area contributed by atoms with Gasteiger partial charge in [0, 0.05) is 42.3 Å². The predicted octanol–water partition coefficient (Wildman–Crippen LogP) is 3.08. The zero-order chi connectivity index (χ0) is 15.6. The third-order valence-corrected chi connectivity index (χ3v) is 4.57. The summed E-state index contributed by atoms with van der Waals surface area (Å²) in [4.78, 5) is 7.02. The summed E-state index contributed by atoms with van der Waals surface area (Å²) < 4.78 is 11.5. The van der Waals surface area contributed by atoms with Crippen molar-refractivity contribution in [2.75, 3.05) is 25.5 Å². The van der Waals surface area contributed by atoms with Crippen molar-refractivity contribution in [2.24, 2.45) is 0 Å². The summed E-state index contributed by atoms with van der Waals surface area (Å²) in [7, 11) is 1.72. The number of methoxy groups -OCH3 is 1. The fourth-order valence-corrected chi connectivity index (χ4v) is 3.40. The molecule has 1 aliphatic heterocycles. The zero-order valence-corrected chi connectivity index (χ0v) is 15.2. The van der Waals surface area contributed by atoms with Gasteiger partial charge in [0.1, 0.15) is 5.75 Å². The highest BCUT2D eigenvalue weighted by Gasteiger charge is 2.33. The summed E-state index contributed by atoms with van der Waals surface area (Å²) in [5.74, 6) is 0.949. The van der Waals surface area contributed by atoms with Crippen LogP contribution in [-0.4, -0.2) is 47.1 Å². The quantitative estimate of drug-likeness (QED) is 0.776. The molecule has 0 spiro atoms. The number of morpholine rings is 1. The van der Waals surface area contributed by atoms with E-state index in [0.29, 0.717) is 0 Å². The molecule has 0 radical (unpaired) electrons. The lowest BCUT2D eigenvalue weighted by molar-refractivity contribution is -0.128. The molecule has 5 heteroatoms. The second kappa shape index (κ2) is 6.63. The van der Waals surface area contributed by atoms with Crippen molar-refractivity contribution in [3.05, 3.63) is 23.0 Å². The SMILES string of the molecule is COc1c(C)cnc(CN2CC(CBr)OC(C)(C)C2)c1C. The average molecular weight is 357 g/mol. The Balaban J connectivity index is 2.18. The number of aromatic nitrogens is 1. The molecule has 21 heavy (non-hydrogen) atoms. The number of hydrogen-bond acceptors (Lipinski definition) is 4. The predicted molar refractivity (Wildman–Crippen MR) is 88.3 cm³/mol. The van der Waals surface area contributed by atoms with Crippen LogP contribution in [0.3, 0.4) is 0 Å². The van der Waals surface area contributed by atoms with Crippen molar-refractivity contribution in [3.8, 4) is 5.75 Å². The highest BCUT2D eigenvalue weighted by molar-refractivity contribution is 9.09. The molecule has 2 heterocycles. The molecule has 0 saturated carbocycles. The molecule has 118 valence electrons. The smallest absolute Gasteiger partial charge is 0.128 e. The molecule has 0 bridgehead atoms. The van der Waals surface area contributed by atoms with Crippen molar-refractivity contribution in [1.82, 2.24) is 9.88 Å². The van der Waals surface area contributed by atoms with Crippen LogP contribution < -0.4 is 4.74 Å². The van der Waals surface area contributed by atoms with E-state index < -0.39 is 0 Å². The molecular weight excluding hydrogens is 332 g/mol. The van der Waals surface area contributed by atoms with E-state index in [0.717, 1.165) is 47.5 Å². The van der Waals surface area contributed by atoms with Gasteiger partial charge in [-0.2, -0.15) is 0 Å². The Kier molecular flexibility index (Phi) is 5.28. The van der Waals surface area contributed by atoms with Crippen molar-refractivity contribution in [1.29, 1.82) is 0 Å². The van der Waals surface area contributed by atoms with Crippen LogP contribution in [0.4, 0.5) is 0 Å². The van der Waals surface area contributed by atoms with Crippen LogP contribution in [0, 0.1) is 13.8 Å². The Morgan fingerprint density at radius 3 is 2.81 bits per heavy atom. The number of rotatable bonds is 4. The lowest BCUT2D eigenvalue weighted by Gasteiger charge is -2.42. The van der Waals surface area contributed by atoms with Crippen LogP contribution in [0.1, 0.15) is 30.7 Å². The van der Waals surface area contributed by atoms with Crippen LogP contribution in [0.25, 0.3) is 0 Å². The van der Waals surface area contributed by atoms with E-state index in [4.69, 9.17) is 9.47 Å². The van der Waals surface area contributed by atoms with Crippen LogP contribution in [0.5, 0.6) is 5.75 Å². The number of alkyl halides is 1. The molecule has 0 N–H and O–H groups in total. The third kappa shape index (κ3) is 3.96. The van der Waals surface area contributed by atoms with Gasteiger partial charge in [-0.3, -0.25) is 9.88 Å². The minimum Gasteiger partial charge on any atom is -0.496 e. The molecule has 4 nitrogen and oxygen atoms in total. The second-order valence-electron chi connectivity index (χ2n) is 6.37. The van der Waals surface area contributed by atoms with Gasteiger partial charge in [0.15, 0.2) is 0 Å². The fourth-order valence-electron chi connectivity index (χ4n) is 3.06. The maximum absolute atomic E-state index is 6.05. The number of halogens is 1. The lowest BCUT2D eigenvalue weighted by atomic mass is 10.0. The van der Waals surface area contributed by atoms with Gasteiger partial charge in [0.05, 0.1) is 24.5 Å². The van der Waals surface area contributed by atoms with E-state index in [1.807, 2.05) is 13.1 Å². The number of ether oxygens (including phenoxy) is 2. The molecule has 0 aliphatic carbocycles. The van der Waals surface area contributed by atoms with Crippen LogP contribution >= 0.6 is 15.9 Å². The van der Waals surface area contributed by atoms with Gasteiger partial charge in [0.25, 0.3) is 0 Å². The maximum atomic E-state index is 6.05. The lowest BCUT2D eigenvalue weighted by Crippen LogP contribution is -2.52. The monoisotopic (exact) mass is 356 g/mol. The summed E-state index contributed by atoms with van der Waals surface area (Å²) >= 11 is 3.54. The van der Waals surface area contributed by atoms with E-state index in [-0.39, 0.29) is 11.7 Å². The van der Waals surface area contributed by atoms with E-state index in [1.54, 1.807) is 7.11 Å². The molecule has 1 unspecified atom stereocenters. The Morgan fingerprint density at radius 2 is 2.19 bits per heavy atom. The molecule has 0 aromatic carbocycles. The standard InChI is InChI=1S/C16H25BrN2O2/c1-11-7-18-14(12(2)15(11)20-5)9-19-8-13(6-17)21-16(3,4)10-19/h7,13H,6,8-10H2,1-5H3. The Morgan fingerprint density at radius 1 is 1.48 bits per heavy atom. The molecule has 0 amide bonds. The number of nitrogens with zero attached hydrogens (tertiary/aromatic N) is 2. The third-order valence-electron chi connectivity index (χ3n) is 3.85. The van der Waals surface area contributed by atoms with E-state index >= 15 is 0 Å². The summed E-state index contributed by atoms with van der Waals surface area (Å²) in [5.41, 5.74) is 3.18. The summed E-state index contributed by atoms with van der Waals surface area (Å²) in [6.07, 6.45) is 2.12. The van der Waals surface area contributed by atoms with Gasteiger partial charge < -0.3 is 9.47 Å². The normalized spacial score (nSPS) is 22.3. The second-order valence-corrected chi connectivity index (χ2v) is 7.02. The average Bonchev–Trinajstić information content (AvgIpc) is 2.41. The van der Waals surface area contributed by atoms with Crippen LogP contribution in [0.15, 0.2) is 6.20 Å². The summed E-state index contributed by atoms with van der Waals surface area (Å²) in [5, 5.41) is 0.858. The molecule has 1 aliphatic rings. The number of aryl methyl sites for hydroxylation is 1. The van der Waals surface area contributed by atoms with Gasteiger partial charge in [-0.1, -0.05) is 15.9 Å². The highest BCUT2D eigenvalue weighted by Crippen LogP contribution is 2.27. The zero-order valence-electron chi connectivity index (χ0n) is 13.6. The van der Waals surface area contributed by atoms with Crippen molar-refractivity contribution in [2.45, 2.75) is 45.9 Å². The molecule has 1 aromatic heterocycles. The molecule has 1 saturated heterocycles. The van der Waals surface area contributed by atoms with Gasteiger partial charge in [-0.05, 0) is 27.7 Å². The molecular formula is C16H25BrN2O2. The van der Waals surface area contributed by atoms with E-state index in [2.05, 4.69) is 46.6 Å². The first-order valence-electron chi connectivity index (χ1n) is 7.31. The topological polar surface area (TPSA) is 34.6 Å². The van der Waals surface area contributed by atoms with Gasteiger partial charge in [-0.25, -0.2) is 0 Å².